The van der Waals surface area contributed by atoms with E-state index in [0.29, 0.717) is 36.0 Å². The van der Waals surface area contributed by atoms with Gasteiger partial charge in [-0.25, -0.2) is 0 Å². The number of rotatable bonds is 4. The molecule has 146 valence electrons. The molecule has 0 aliphatic heterocycles. The highest BCUT2D eigenvalue weighted by Crippen LogP contribution is 2.12. The second-order valence-corrected chi connectivity index (χ2v) is 6.76. The van der Waals surface area contributed by atoms with E-state index in [9.17, 15) is 0 Å². The van der Waals surface area contributed by atoms with E-state index in [1.54, 1.807) is 24.3 Å². The maximum atomic E-state index is 8.74. The van der Waals surface area contributed by atoms with Crippen molar-refractivity contribution < 1.29 is 9.84 Å². The molecule has 0 radical (unpaired) electrons. The van der Waals surface area contributed by atoms with E-state index in [0.717, 1.165) is 5.75 Å². The number of benzene rings is 2. The minimum Gasteiger partial charge on any atom is -0.508 e. The third kappa shape index (κ3) is 12.8. The number of hydrogen-bond donors (Lipinski definition) is 1. The molecule has 0 aliphatic rings. The van der Waals surface area contributed by atoms with Gasteiger partial charge in [0.15, 0.2) is 0 Å². The van der Waals surface area contributed by atoms with Crippen molar-refractivity contribution in [3.05, 3.63) is 59.7 Å². The fourth-order valence-corrected chi connectivity index (χ4v) is 1.61. The molecule has 0 aromatic heterocycles. The molecule has 0 fully saturated rings. The van der Waals surface area contributed by atoms with E-state index < -0.39 is 0 Å². The van der Waals surface area contributed by atoms with E-state index in [4.69, 9.17) is 25.6 Å². The van der Waals surface area contributed by atoms with Crippen LogP contribution in [0.3, 0.4) is 0 Å². The Labute approximate surface area is 168 Å². The molecule has 0 unspecified atom stereocenters. The Kier molecular flexibility index (Phi) is 12.8. The average Bonchev–Trinajstić information content (AvgIpc) is 2.68. The van der Waals surface area contributed by atoms with Gasteiger partial charge in [0.25, 0.3) is 0 Å². The van der Waals surface area contributed by atoms with Gasteiger partial charge < -0.3 is 9.84 Å². The van der Waals surface area contributed by atoms with Crippen LogP contribution in [-0.4, -0.2) is 11.7 Å². The summed E-state index contributed by atoms with van der Waals surface area (Å²) in [4.78, 5) is 0. The normalized spacial score (nSPS) is 8.96. The number of nitrogens with zero attached hydrogens (tertiary/aromatic N) is 3. The largest absolute Gasteiger partial charge is 0.508 e. The summed E-state index contributed by atoms with van der Waals surface area (Å²) >= 11 is 0. The highest BCUT2D eigenvalue weighted by molar-refractivity contribution is 5.34. The second kappa shape index (κ2) is 14.7. The first-order chi connectivity index (χ1) is 13.3. The number of ether oxygens (including phenoxy) is 1. The number of hydrogen-bond acceptors (Lipinski definition) is 5. The van der Waals surface area contributed by atoms with Crippen LogP contribution < -0.4 is 4.74 Å². The van der Waals surface area contributed by atoms with Crippen molar-refractivity contribution in [3.63, 3.8) is 0 Å². The van der Waals surface area contributed by atoms with E-state index in [2.05, 4.69) is 26.0 Å². The molecule has 5 heteroatoms. The van der Waals surface area contributed by atoms with Gasteiger partial charge in [0.1, 0.15) is 11.5 Å². The Morgan fingerprint density at radius 1 is 0.786 bits per heavy atom. The molecule has 0 amide bonds. The molecule has 2 aromatic rings. The molecule has 1 N–H and O–H groups in total. The predicted molar refractivity (Wildman–Crippen MR) is 109 cm³/mol. The van der Waals surface area contributed by atoms with Crippen LogP contribution in [0, 0.1) is 45.8 Å². The van der Waals surface area contributed by atoms with Gasteiger partial charge in [0.05, 0.1) is 35.9 Å². The average molecular weight is 377 g/mol. The zero-order chi connectivity index (χ0) is 21.4. The Balaban J connectivity index is 0.000000423. The molecule has 28 heavy (non-hydrogen) atoms. The molecule has 0 saturated carbocycles. The molecule has 0 atom stereocenters. The number of phenols is 1. The fraction of sp³-hybridized carbons (Fsp3) is 0.348. The Morgan fingerprint density at radius 2 is 1.25 bits per heavy atom. The lowest BCUT2D eigenvalue weighted by Gasteiger charge is -2.07. The molecular formula is C23H27N3O2. The summed E-state index contributed by atoms with van der Waals surface area (Å²) < 4.78 is 5.46. The lowest BCUT2D eigenvalue weighted by molar-refractivity contribution is 0.271. The molecule has 0 saturated heterocycles. The SMILES string of the molecule is CC(C)CC#N.CC(C)COc1ccc(C#N)cc1.N#Cc1ccc(O)cc1. The quantitative estimate of drug-likeness (QED) is 0.767. The molecule has 0 aliphatic carbocycles. The molecule has 5 nitrogen and oxygen atoms in total. The lowest BCUT2D eigenvalue weighted by Crippen LogP contribution is -2.04. The molecule has 0 spiro atoms. The van der Waals surface area contributed by atoms with E-state index in [1.807, 2.05) is 32.0 Å². The van der Waals surface area contributed by atoms with Crippen LogP contribution in [0.15, 0.2) is 48.5 Å². The van der Waals surface area contributed by atoms with Gasteiger partial charge >= 0.3 is 0 Å². The van der Waals surface area contributed by atoms with E-state index >= 15 is 0 Å². The van der Waals surface area contributed by atoms with Gasteiger partial charge in [-0.1, -0.05) is 27.7 Å². The maximum absolute atomic E-state index is 8.74. The standard InChI is InChI=1S/C11H13NO.C7H5NO.C5H9N/c1-9(2)8-13-11-5-3-10(7-12)4-6-11;8-5-6-1-3-7(9)4-2-6;1-5(2)3-4-6/h3-6,9H,8H2,1-2H3;1-4,9H;5H,3H2,1-2H3. The summed E-state index contributed by atoms with van der Waals surface area (Å²) in [5, 5.41) is 33.6. The van der Waals surface area contributed by atoms with Crippen LogP contribution in [0.2, 0.25) is 0 Å². The van der Waals surface area contributed by atoms with Gasteiger partial charge in [-0.15, -0.1) is 0 Å². The third-order valence-corrected chi connectivity index (χ3v) is 3.06. The van der Waals surface area contributed by atoms with Gasteiger partial charge in [-0.2, -0.15) is 15.8 Å². The minimum absolute atomic E-state index is 0.189. The van der Waals surface area contributed by atoms with Gasteiger partial charge in [-0.3, -0.25) is 0 Å². The summed E-state index contributed by atoms with van der Waals surface area (Å²) in [5.41, 5.74) is 1.23. The Hall–Kier alpha value is -3.49. The zero-order valence-corrected chi connectivity index (χ0v) is 16.9. The monoisotopic (exact) mass is 377 g/mol. The first kappa shape index (κ1) is 24.5. The summed E-state index contributed by atoms with van der Waals surface area (Å²) in [5.74, 6) is 2.08. The molecule has 0 bridgehead atoms. The summed E-state index contributed by atoms with van der Waals surface area (Å²) in [7, 11) is 0. The van der Waals surface area contributed by atoms with Crippen LogP contribution in [0.1, 0.15) is 45.2 Å². The van der Waals surface area contributed by atoms with Crippen molar-refractivity contribution in [1.82, 2.24) is 0 Å². The van der Waals surface area contributed by atoms with Crippen molar-refractivity contribution >= 4 is 0 Å². The van der Waals surface area contributed by atoms with Crippen molar-refractivity contribution in [2.75, 3.05) is 6.61 Å². The van der Waals surface area contributed by atoms with Crippen molar-refractivity contribution in [2.24, 2.45) is 11.8 Å². The third-order valence-electron chi connectivity index (χ3n) is 3.06. The van der Waals surface area contributed by atoms with Crippen LogP contribution >= 0.6 is 0 Å². The number of nitriles is 3. The fourth-order valence-electron chi connectivity index (χ4n) is 1.61. The van der Waals surface area contributed by atoms with Crippen LogP contribution in [-0.2, 0) is 0 Å². The topological polar surface area (TPSA) is 101 Å². The van der Waals surface area contributed by atoms with E-state index in [1.165, 1.54) is 12.1 Å². The predicted octanol–water partition coefficient (Wildman–Crippen LogP) is 5.41. The molecular weight excluding hydrogens is 350 g/mol. The lowest BCUT2D eigenvalue weighted by atomic mass is 10.2. The van der Waals surface area contributed by atoms with Gasteiger partial charge in [-0.05, 0) is 60.4 Å². The van der Waals surface area contributed by atoms with Crippen molar-refractivity contribution in [3.8, 4) is 29.7 Å². The van der Waals surface area contributed by atoms with Gasteiger partial charge in [0.2, 0.25) is 0 Å². The highest BCUT2D eigenvalue weighted by atomic mass is 16.5. The highest BCUT2D eigenvalue weighted by Gasteiger charge is 1.96. The summed E-state index contributed by atoms with van der Waals surface area (Å²) in [6.07, 6.45) is 0.681. The summed E-state index contributed by atoms with van der Waals surface area (Å²) in [6, 6.07) is 19.3. The Morgan fingerprint density at radius 3 is 1.57 bits per heavy atom. The van der Waals surface area contributed by atoms with Crippen molar-refractivity contribution in [2.45, 2.75) is 34.1 Å². The first-order valence-electron chi connectivity index (χ1n) is 9.01. The van der Waals surface area contributed by atoms with Crippen LogP contribution in [0.5, 0.6) is 11.5 Å². The molecule has 2 aromatic carbocycles. The summed E-state index contributed by atoms with van der Waals surface area (Å²) in [6.45, 7) is 8.98. The Bertz CT molecular complexity index is 790. The number of phenolic OH excluding ortho intramolecular Hbond substituents is 1. The smallest absolute Gasteiger partial charge is 0.119 e. The van der Waals surface area contributed by atoms with E-state index in [-0.39, 0.29) is 5.75 Å². The minimum atomic E-state index is 0.189. The van der Waals surface area contributed by atoms with Crippen LogP contribution in [0.25, 0.3) is 0 Å². The zero-order valence-electron chi connectivity index (χ0n) is 16.9. The van der Waals surface area contributed by atoms with Crippen LogP contribution in [0.4, 0.5) is 0 Å². The second-order valence-electron chi connectivity index (χ2n) is 6.76. The molecule has 2 rings (SSSR count). The molecule has 0 heterocycles. The van der Waals surface area contributed by atoms with Gasteiger partial charge in [0, 0.05) is 6.42 Å². The first-order valence-corrected chi connectivity index (χ1v) is 9.01. The maximum Gasteiger partial charge on any atom is 0.119 e. The number of aromatic hydroxyl groups is 1. The van der Waals surface area contributed by atoms with Crippen molar-refractivity contribution in [1.29, 1.82) is 15.8 Å².